The minimum atomic E-state index is 0.629. The molecule has 0 radical (unpaired) electrons. The second-order valence-corrected chi connectivity index (χ2v) is 3.90. The van der Waals surface area contributed by atoms with Gasteiger partial charge in [-0.25, -0.2) is 4.98 Å². The molecule has 15 heavy (non-hydrogen) atoms. The van der Waals surface area contributed by atoms with E-state index in [1.54, 1.807) is 25.2 Å². The number of thioether (sulfide) groups is 1. The highest BCUT2D eigenvalue weighted by atomic mass is 32.2. The summed E-state index contributed by atoms with van der Waals surface area (Å²) < 4.78 is 6.98. The van der Waals surface area contributed by atoms with Gasteiger partial charge in [-0.2, -0.15) is 0 Å². The van der Waals surface area contributed by atoms with E-state index in [1.807, 2.05) is 22.9 Å². The Hall–Kier alpha value is -1.42. The molecule has 0 aliphatic carbocycles. The van der Waals surface area contributed by atoms with E-state index < -0.39 is 0 Å². The average Bonchev–Trinajstić information content (AvgIpc) is 2.78. The van der Waals surface area contributed by atoms with E-state index in [4.69, 9.17) is 4.74 Å². The van der Waals surface area contributed by atoms with Crippen molar-refractivity contribution in [3.63, 3.8) is 0 Å². The van der Waals surface area contributed by atoms with Crippen LogP contribution in [0.4, 0.5) is 0 Å². The number of methoxy groups -OCH3 is 1. The number of benzene rings is 1. The summed E-state index contributed by atoms with van der Waals surface area (Å²) >= 11 is 1.73. The van der Waals surface area contributed by atoms with Crippen molar-refractivity contribution in [3.8, 4) is 11.6 Å². The van der Waals surface area contributed by atoms with Gasteiger partial charge in [-0.1, -0.05) is 6.07 Å². The summed E-state index contributed by atoms with van der Waals surface area (Å²) in [5.74, 6) is 0.629. The molecule has 0 unspecified atom stereocenters. The zero-order chi connectivity index (χ0) is 10.7. The summed E-state index contributed by atoms with van der Waals surface area (Å²) in [5, 5.41) is 0. The number of rotatable bonds is 3. The van der Waals surface area contributed by atoms with Crippen LogP contribution in [-0.2, 0) is 0 Å². The van der Waals surface area contributed by atoms with E-state index in [0.717, 1.165) is 5.69 Å². The van der Waals surface area contributed by atoms with Crippen LogP contribution in [0.3, 0.4) is 0 Å². The Balaban J connectivity index is 2.35. The molecule has 3 nitrogen and oxygen atoms in total. The average molecular weight is 220 g/mol. The van der Waals surface area contributed by atoms with Crippen LogP contribution in [-0.4, -0.2) is 22.9 Å². The van der Waals surface area contributed by atoms with E-state index >= 15 is 0 Å². The molecule has 0 saturated carbocycles. The molecule has 0 spiro atoms. The third-order valence-electron chi connectivity index (χ3n) is 2.12. The highest BCUT2D eigenvalue weighted by Crippen LogP contribution is 2.19. The van der Waals surface area contributed by atoms with Gasteiger partial charge in [0.25, 0.3) is 0 Å². The Kier molecular flexibility index (Phi) is 2.97. The van der Waals surface area contributed by atoms with Gasteiger partial charge in [0.1, 0.15) is 6.33 Å². The molecular formula is C11H12N2OS. The molecule has 2 rings (SSSR count). The topological polar surface area (TPSA) is 27.1 Å². The van der Waals surface area contributed by atoms with E-state index in [1.165, 1.54) is 4.90 Å². The first-order chi connectivity index (χ1) is 7.33. The van der Waals surface area contributed by atoms with Gasteiger partial charge in [0.2, 0.25) is 5.88 Å². The van der Waals surface area contributed by atoms with Crippen LogP contribution in [0, 0.1) is 0 Å². The van der Waals surface area contributed by atoms with Gasteiger partial charge in [0.15, 0.2) is 0 Å². The van der Waals surface area contributed by atoms with Crippen LogP contribution >= 0.6 is 11.8 Å². The minimum Gasteiger partial charge on any atom is -0.480 e. The third kappa shape index (κ3) is 2.15. The van der Waals surface area contributed by atoms with E-state index in [-0.39, 0.29) is 0 Å². The predicted octanol–water partition coefficient (Wildman–Crippen LogP) is 2.60. The van der Waals surface area contributed by atoms with E-state index in [9.17, 15) is 0 Å². The molecule has 2 aromatic rings. The van der Waals surface area contributed by atoms with Gasteiger partial charge in [-0.3, -0.25) is 0 Å². The highest BCUT2D eigenvalue weighted by molar-refractivity contribution is 7.98. The lowest BCUT2D eigenvalue weighted by atomic mass is 10.3. The lowest BCUT2D eigenvalue weighted by Crippen LogP contribution is -1.89. The molecule has 0 amide bonds. The van der Waals surface area contributed by atoms with Crippen LogP contribution in [0.5, 0.6) is 5.88 Å². The molecule has 0 N–H and O–H groups in total. The molecule has 0 bridgehead atoms. The fourth-order valence-electron chi connectivity index (χ4n) is 1.32. The van der Waals surface area contributed by atoms with Crippen molar-refractivity contribution >= 4 is 11.8 Å². The summed E-state index contributed by atoms with van der Waals surface area (Å²) in [4.78, 5) is 5.34. The molecule has 1 aromatic carbocycles. The molecule has 0 aliphatic heterocycles. The van der Waals surface area contributed by atoms with Gasteiger partial charge < -0.3 is 9.30 Å². The van der Waals surface area contributed by atoms with Crippen molar-refractivity contribution in [2.45, 2.75) is 4.90 Å². The van der Waals surface area contributed by atoms with E-state index in [0.29, 0.717) is 5.88 Å². The van der Waals surface area contributed by atoms with Crippen molar-refractivity contribution in [1.82, 2.24) is 9.55 Å². The number of aromatic nitrogens is 2. The van der Waals surface area contributed by atoms with Crippen molar-refractivity contribution in [3.05, 3.63) is 36.8 Å². The van der Waals surface area contributed by atoms with Gasteiger partial charge in [0, 0.05) is 10.6 Å². The summed E-state index contributed by atoms with van der Waals surface area (Å²) in [6, 6.07) is 8.28. The predicted molar refractivity (Wildman–Crippen MR) is 61.9 cm³/mol. The Morgan fingerprint density at radius 1 is 1.40 bits per heavy atom. The molecule has 0 saturated heterocycles. The molecule has 4 heteroatoms. The standard InChI is InChI=1S/C11H12N2OS/c1-14-11-7-13(8-12-11)9-4-3-5-10(6-9)15-2/h3-8H,1-2H3. The number of hydrogen-bond donors (Lipinski definition) is 0. The molecule has 1 heterocycles. The number of nitrogens with zero attached hydrogens (tertiary/aromatic N) is 2. The van der Waals surface area contributed by atoms with Crippen molar-refractivity contribution < 1.29 is 4.74 Å². The fourth-order valence-corrected chi connectivity index (χ4v) is 1.78. The minimum absolute atomic E-state index is 0.629. The molecule has 0 atom stereocenters. The van der Waals surface area contributed by atoms with Crippen LogP contribution in [0.2, 0.25) is 0 Å². The number of imidazole rings is 1. The Bertz CT molecular complexity index is 453. The maximum Gasteiger partial charge on any atom is 0.231 e. The molecular weight excluding hydrogens is 208 g/mol. The zero-order valence-corrected chi connectivity index (χ0v) is 9.49. The highest BCUT2D eigenvalue weighted by Gasteiger charge is 2.00. The van der Waals surface area contributed by atoms with Gasteiger partial charge in [-0.15, -0.1) is 11.8 Å². The SMILES string of the molecule is COc1cn(-c2cccc(SC)c2)cn1. The number of ether oxygens (including phenoxy) is 1. The monoisotopic (exact) mass is 220 g/mol. The summed E-state index contributed by atoms with van der Waals surface area (Å²) in [6.07, 6.45) is 5.67. The number of hydrogen-bond acceptors (Lipinski definition) is 3. The molecule has 78 valence electrons. The van der Waals surface area contributed by atoms with Crippen molar-refractivity contribution in [2.24, 2.45) is 0 Å². The fraction of sp³-hybridized carbons (Fsp3) is 0.182. The second-order valence-electron chi connectivity index (χ2n) is 3.02. The lowest BCUT2D eigenvalue weighted by Gasteiger charge is -2.03. The Morgan fingerprint density at radius 3 is 2.93 bits per heavy atom. The smallest absolute Gasteiger partial charge is 0.231 e. The van der Waals surface area contributed by atoms with Crippen LogP contribution in [0.25, 0.3) is 5.69 Å². The van der Waals surface area contributed by atoms with Crippen LogP contribution < -0.4 is 4.74 Å². The van der Waals surface area contributed by atoms with Gasteiger partial charge >= 0.3 is 0 Å². The Labute approximate surface area is 93.1 Å². The molecule has 0 aliphatic rings. The summed E-state index contributed by atoms with van der Waals surface area (Å²) in [5.41, 5.74) is 1.10. The molecule has 0 fully saturated rings. The quantitative estimate of drug-likeness (QED) is 0.744. The largest absolute Gasteiger partial charge is 0.480 e. The lowest BCUT2D eigenvalue weighted by molar-refractivity contribution is 0.400. The van der Waals surface area contributed by atoms with Gasteiger partial charge in [-0.05, 0) is 24.5 Å². The summed E-state index contributed by atoms with van der Waals surface area (Å²) in [6.45, 7) is 0. The normalized spacial score (nSPS) is 10.3. The first-order valence-electron chi connectivity index (χ1n) is 4.56. The third-order valence-corrected chi connectivity index (χ3v) is 2.84. The Morgan fingerprint density at radius 2 is 2.27 bits per heavy atom. The van der Waals surface area contributed by atoms with Crippen molar-refractivity contribution in [1.29, 1.82) is 0 Å². The summed E-state index contributed by atoms with van der Waals surface area (Å²) in [7, 11) is 1.62. The first kappa shape index (κ1) is 10.1. The molecule has 1 aromatic heterocycles. The van der Waals surface area contributed by atoms with Crippen LogP contribution in [0.15, 0.2) is 41.7 Å². The zero-order valence-electron chi connectivity index (χ0n) is 8.68. The first-order valence-corrected chi connectivity index (χ1v) is 5.78. The maximum atomic E-state index is 5.04. The van der Waals surface area contributed by atoms with Gasteiger partial charge in [0.05, 0.1) is 13.3 Å². The van der Waals surface area contributed by atoms with Crippen LogP contribution in [0.1, 0.15) is 0 Å². The van der Waals surface area contributed by atoms with E-state index in [2.05, 4.69) is 23.4 Å². The maximum absolute atomic E-state index is 5.04. The van der Waals surface area contributed by atoms with Crippen molar-refractivity contribution in [2.75, 3.05) is 13.4 Å². The second kappa shape index (κ2) is 4.40.